The van der Waals surface area contributed by atoms with Crippen LogP contribution in [0.4, 0.5) is 0 Å². The maximum Gasteiger partial charge on any atom is 0.331 e. The summed E-state index contributed by atoms with van der Waals surface area (Å²) >= 11 is 0. The molecule has 0 saturated heterocycles. The highest BCUT2D eigenvalue weighted by Crippen LogP contribution is 2.17. The van der Waals surface area contributed by atoms with Crippen LogP contribution in [0.1, 0.15) is 17.5 Å². The summed E-state index contributed by atoms with van der Waals surface area (Å²) in [5.74, 6) is -0.175. The van der Waals surface area contributed by atoms with Gasteiger partial charge >= 0.3 is 5.97 Å². The standard InChI is InChI=1S/C19H18O3/c1-2-6-17(19(20)21)13-15-9-11-18(12-10-15)22-14-16-7-4-3-5-8-16/h2-5,7-13H,1,6,14H2,(H,20,21)/b17-13+. The molecular formula is C19H18O3. The lowest BCUT2D eigenvalue weighted by atomic mass is 10.1. The Hall–Kier alpha value is -2.81. The van der Waals surface area contributed by atoms with E-state index in [9.17, 15) is 4.79 Å². The first-order valence-electron chi connectivity index (χ1n) is 7.00. The molecule has 0 amide bonds. The van der Waals surface area contributed by atoms with Crippen molar-refractivity contribution in [2.45, 2.75) is 13.0 Å². The predicted octanol–water partition coefficient (Wildman–Crippen LogP) is 4.31. The molecule has 0 unspecified atom stereocenters. The fourth-order valence-corrected chi connectivity index (χ4v) is 1.97. The van der Waals surface area contributed by atoms with Crippen molar-refractivity contribution >= 4 is 12.0 Å². The van der Waals surface area contributed by atoms with Crippen LogP contribution in [0, 0.1) is 0 Å². The van der Waals surface area contributed by atoms with E-state index in [-0.39, 0.29) is 0 Å². The molecule has 3 heteroatoms. The molecule has 0 aliphatic heterocycles. The summed E-state index contributed by atoms with van der Waals surface area (Å²) < 4.78 is 5.69. The molecule has 0 aliphatic rings. The molecule has 2 aromatic rings. The molecule has 0 bridgehead atoms. The minimum absolute atomic E-state index is 0.313. The number of carbonyl (C=O) groups is 1. The van der Waals surface area contributed by atoms with E-state index in [0.29, 0.717) is 18.6 Å². The molecule has 2 aromatic carbocycles. The Morgan fingerprint density at radius 1 is 1.09 bits per heavy atom. The first-order chi connectivity index (χ1) is 10.7. The molecule has 3 nitrogen and oxygen atoms in total. The topological polar surface area (TPSA) is 46.5 Å². The second-order valence-electron chi connectivity index (χ2n) is 4.81. The Morgan fingerprint density at radius 3 is 2.36 bits per heavy atom. The van der Waals surface area contributed by atoms with Crippen molar-refractivity contribution in [3.63, 3.8) is 0 Å². The molecule has 112 valence electrons. The minimum atomic E-state index is -0.927. The summed E-state index contributed by atoms with van der Waals surface area (Å²) in [6.07, 6.45) is 3.56. The van der Waals surface area contributed by atoms with Crippen LogP contribution in [0.25, 0.3) is 6.08 Å². The first kappa shape index (κ1) is 15.6. The monoisotopic (exact) mass is 294 g/mol. The number of benzene rings is 2. The van der Waals surface area contributed by atoms with Crippen LogP contribution < -0.4 is 4.74 Å². The minimum Gasteiger partial charge on any atom is -0.489 e. The summed E-state index contributed by atoms with van der Waals surface area (Å²) in [6.45, 7) is 4.07. The van der Waals surface area contributed by atoms with Crippen molar-refractivity contribution in [3.05, 3.63) is 84.0 Å². The van der Waals surface area contributed by atoms with Crippen LogP contribution in [0.3, 0.4) is 0 Å². The van der Waals surface area contributed by atoms with Crippen molar-refractivity contribution < 1.29 is 14.6 Å². The fraction of sp³-hybridized carbons (Fsp3) is 0.105. The fourth-order valence-electron chi connectivity index (χ4n) is 1.97. The van der Waals surface area contributed by atoms with E-state index in [2.05, 4.69) is 6.58 Å². The van der Waals surface area contributed by atoms with Gasteiger partial charge in [-0.05, 0) is 35.8 Å². The van der Waals surface area contributed by atoms with E-state index in [4.69, 9.17) is 9.84 Å². The van der Waals surface area contributed by atoms with Gasteiger partial charge in [0.2, 0.25) is 0 Å². The van der Waals surface area contributed by atoms with E-state index >= 15 is 0 Å². The summed E-state index contributed by atoms with van der Waals surface area (Å²) in [4.78, 5) is 11.1. The predicted molar refractivity (Wildman–Crippen MR) is 87.6 cm³/mol. The van der Waals surface area contributed by atoms with E-state index in [1.165, 1.54) is 0 Å². The zero-order valence-electron chi connectivity index (χ0n) is 12.2. The van der Waals surface area contributed by atoms with Gasteiger partial charge in [0.1, 0.15) is 12.4 Å². The van der Waals surface area contributed by atoms with Crippen LogP contribution in [0.2, 0.25) is 0 Å². The Kier molecular flexibility index (Phi) is 5.55. The van der Waals surface area contributed by atoms with Gasteiger partial charge in [0.05, 0.1) is 0 Å². The Labute approximate surface area is 130 Å². The zero-order valence-corrected chi connectivity index (χ0v) is 12.2. The number of hydrogen-bond donors (Lipinski definition) is 1. The number of aliphatic carboxylic acids is 1. The second kappa shape index (κ2) is 7.84. The lowest BCUT2D eigenvalue weighted by molar-refractivity contribution is -0.132. The van der Waals surface area contributed by atoms with Gasteiger partial charge in [-0.25, -0.2) is 4.79 Å². The number of carboxylic acid groups (broad SMARTS) is 1. The maximum atomic E-state index is 11.1. The highest BCUT2D eigenvalue weighted by molar-refractivity contribution is 5.92. The molecule has 0 spiro atoms. The quantitative estimate of drug-likeness (QED) is 0.611. The van der Waals surface area contributed by atoms with E-state index in [1.54, 1.807) is 12.2 Å². The third-order valence-electron chi connectivity index (χ3n) is 3.11. The highest BCUT2D eigenvalue weighted by atomic mass is 16.5. The van der Waals surface area contributed by atoms with Gasteiger partial charge in [0, 0.05) is 5.57 Å². The number of allylic oxidation sites excluding steroid dienone is 1. The Bertz CT molecular complexity index is 655. The Morgan fingerprint density at radius 2 is 1.77 bits per heavy atom. The number of rotatable bonds is 7. The summed E-state index contributed by atoms with van der Waals surface area (Å²) in [5.41, 5.74) is 2.24. The van der Waals surface area contributed by atoms with Gasteiger partial charge in [-0.1, -0.05) is 48.5 Å². The van der Waals surface area contributed by atoms with Crippen molar-refractivity contribution in [2.24, 2.45) is 0 Å². The Balaban J connectivity index is 2.02. The van der Waals surface area contributed by atoms with E-state index in [0.717, 1.165) is 16.9 Å². The SMILES string of the molecule is C=CC/C(=C\c1ccc(OCc2ccccc2)cc1)C(=O)O. The molecule has 0 atom stereocenters. The van der Waals surface area contributed by atoms with Crippen molar-refractivity contribution in [1.82, 2.24) is 0 Å². The normalized spacial score (nSPS) is 11.0. The van der Waals surface area contributed by atoms with Gasteiger partial charge in [0.25, 0.3) is 0 Å². The van der Waals surface area contributed by atoms with Crippen LogP contribution >= 0.6 is 0 Å². The lowest BCUT2D eigenvalue weighted by Gasteiger charge is -2.06. The molecule has 0 aromatic heterocycles. The largest absolute Gasteiger partial charge is 0.489 e. The third-order valence-corrected chi connectivity index (χ3v) is 3.11. The maximum absolute atomic E-state index is 11.1. The molecule has 0 aliphatic carbocycles. The third kappa shape index (κ3) is 4.63. The van der Waals surface area contributed by atoms with Crippen molar-refractivity contribution in [2.75, 3.05) is 0 Å². The molecule has 2 rings (SSSR count). The number of ether oxygens (including phenoxy) is 1. The summed E-state index contributed by atoms with van der Waals surface area (Å²) in [7, 11) is 0. The lowest BCUT2D eigenvalue weighted by Crippen LogP contribution is -1.99. The average Bonchev–Trinajstić information content (AvgIpc) is 2.54. The highest BCUT2D eigenvalue weighted by Gasteiger charge is 2.05. The molecule has 1 N–H and O–H groups in total. The summed E-state index contributed by atoms with van der Waals surface area (Å²) in [6, 6.07) is 17.3. The van der Waals surface area contributed by atoms with Crippen LogP contribution in [-0.4, -0.2) is 11.1 Å². The number of hydrogen-bond acceptors (Lipinski definition) is 2. The zero-order chi connectivity index (χ0) is 15.8. The van der Waals surface area contributed by atoms with Gasteiger partial charge in [-0.3, -0.25) is 0 Å². The van der Waals surface area contributed by atoms with Gasteiger partial charge in [-0.15, -0.1) is 6.58 Å². The van der Waals surface area contributed by atoms with Gasteiger partial charge in [-0.2, -0.15) is 0 Å². The molecule has 22 heavy (non-hydrogen) atoms. The molecule has 0 heterocycles. The second-order valence-corrected chi connectivity index (χ2v) is 4.81. The van der Waals surface area contributed by atoms with E-state index < -0.39 is 5.97 Å². The summed E-state index contributed by atoms with van der Waals surface area (Å²) in [5, 5.41) is 9.09. The van der Waals surface area contributed by atoms with Crippen LogP contribution in [-0.2, 0) is 11.4 Å². The molecular weight excluding hydrogens is 276 g/mol. The molecule has 0 radical (unpaired) electrons. The van der Waals surface area contributed by atoms with Gasteiger partial charge < -0.3 is 9.84 Å². The van der Waals surface area contributed by atoms with Crippen LogP contribution in [0.15, 0.2) is 72.8 Å². The average molecular weight is 294 g/mol. The van der Waals surface area contributed by atoms with Crippen molar-refractivity contribution in [3.8, 4) is 5.75 Å². The van der Waals surface area contributed by atoms with Crippen LogP contribution in [0.5, 0.6) is 5.75 Å². The van der Waals surface area contributed by atoms with Gasteiger partial charge in [0.15, 0.2) is 0 Å². The van der Waals surface area contributed by atoms with E-state index in [1.807, 2.05) is 54.6 Å². The molecule has 0 fully saturated rings. The van der Waals surface area contributed by atoms with Crippen molar-refractivity contribution in [1.29, 1.82) is 0 Å². The first-order valence-corrected chi connectivity index (χ1v) is 7.00. The number of carboxylic acids is 1. The molecule has 0 saturated carbocycles. The smallest absolute Gasteiger partial charge is 0.331 e.